The van der Waals surface area contributed by atoms with Crippen LogP contribution in [0.1, 0.15) is 77.6 Å². The molecular formula is C16H28. The van der Waals surface area contributed by atoms with Gasteiger partial charge in [0.1, 0.15) is 0 Å². The molecule has 0 aromatic rings. The van der Waals surface area contributed by atoms with E-state index in [-0.39, 0.29) is 0 Å². The molecule has 0 N–H and O–H groups in total. The van der Waals surface area contributed by atoms with E-state index in [0.717, 1.165) is 23.2 Å². The van der Waals surface area contributed by atoms with E-state index in [9.17, 15) is 0 Å². The van der Waals surface area contributed by atoms with Crippen LogP contribution < -0.4 is 0 Å². The molecule has 4 rings (SSSR count). The van der Waals surface area contributed by atoms with Crippen LogP contribution in [0.25, 0.3) is 0 Å². The van der Waals surface area contributed by atoms with Crippen LogP contribution in [0.4, 0.5) is 0 Å². The zero-order valence-electron chi connectivity index (χ0n) is 11.0. The van der Waals surface area contributed by atoms with Crippen LogP contribution in [-0.4, -0.2) is 0 Å². The van der Waals surface area contributed by atoms with Gasteiger partial charge in [0.15, 0.2) is 0 Å². The number of hydrogen-bond donors (Lipinski definition) is 0. The van der Waals surface area contributed by atoms with Gasteiger partial charge in [0, 0.05) is 0 Å². The summed E-state index contributed by atoms with van der Waals surface area (Å²) in [5, 5.41) is 0. The van der Waals surface area contributed by atoms with Gasteiger partial charge in [0.2, 0.25) is 0 Å². The van der Waals surface area contributed by atoms with Crippen LogP contribution >= 0.6 is 0 Å². The maximum absolute atomic E-state index is 2.32. The quantitative estimate of drug-likeness (QED) is 0.560. The zero-order chi connectivity index (χ0) is 11.0. The molecule has 92 valence electrons. The Morgan fingerprint density at radius 3 is 1.88 bits per heavy atom. The van der Waals surface area contributed by atoms with Gasteiger partial charge >= 0.3 is 0 Å². The van der Waals surface area contributed by atoms with Crippen LogP contribution in [-0.2, 0) is 0 Å². The van der Waals surface area contributed by atoms with Crippen molar-refractivity contribution in [1.29, 1.82) is 0 Å². The van der Waals surface area contributed by atoms with Crippen molar-refractivity contribution in [2.45, 2.75) is 77.6 Å². The highest BCUT2D eigenvalue weighted by Crippen LogP contribution is 2.61. The molecule has 0 radical (unpaired) electrons. The van der Waals surface area contributed by atoms with Gasteiger partial charge in [-0.1, -0.05) is 32.6 Å². The summed E-state index contributed by atoms with van der Waals surface area (Å²) in [5.74, 6) is 3.45. The fraction of sp³-hybridized carbons (Fsp3) is 1.00. The maximum Gasteiger partial charge on any atom is -0.0290 e. The van der Waals surface area contributed by atoms with Gasteiger partial charge in [-0.15, -0.1) is 0 Å². The smallest absolute Gasteiger partial charge is 0.0290 e. The Morgan fingerprint density at radius 1 is 0.812 bits per heavy atom. The summed E-state index contributed by atoms with van der Waals surface area (Å²) in [6, 6.07) is 0. The first-order valence-corrected chi connectivity index (χ1v) is 7.80. The third kappa shape index (κ3) is 2.05. The van der Waals surface area contributed by atoms with Crippen LogP contribution in [0.3, 0.4) is 0 Å². The van der Waals surface area contributed by atoms with E-state index < -0.39 is 0 Å². The van der Waals surface area contributed by atoms with E-state index in [1.54, 1.807) is 44.9 Å². The molecule has 4 bridgehead atoms. The molecule has 0 atom stereocenters. The molecule has 0 aromatic carbocycles. The lowest BCUT2D eigenvalue weighted by atomic mass is 9.48. The molecule has 16 heavy (non-hydrogen) atoms. The van der Waals surface area contributed by atoms with E-state index in [1.807, 2.05) is 0 Å². The first-order valence-electron chi connectivity index (χ1n) is 7.80. The number of hydrogen-bond acceptors (Lipinski definition) is 0. The van der Waals surface area contributed by atoms with Gasteiger partial charge in [-0.05, 0) is 68.1 Å². The van der Waals surface area contributed by atoms with Gasteiger partial charge in [-0.3, -0.25) is 0 Å². The minimum absolute atomic E-state index is 0.850. The van der Waals surface area contributed by atoms with E-state index in [2.05, 4.69) is 6.92 Å². The molecule has 0 nitrogen and oxygen atoms in total. The van der Waals surface area contributed by atoms with E-state index in [0.29, 0.717) is 0 Å². The molecule has 0 aliphatic heterocycles. The summed E-state index contributed by atoms with van der Waals surface area (Å²) < 4.78 is 0. The van der Waals surface area contributed by atoms with Crippen LogP contribution in [0, 0.1) is 23.2 Å². The fourth-order valence-electron chi connectivity index (χ4n) is 5.52. The highest BCUT2D eigenvalue weighted by Gasteiger charge is 2.50. The van der Waals surface area contributed by atoms with Crippen molar-refractivity contribution < 1.29 is 0 Å². The second kappa shape index (κ2) is 4.35. The summed E-state index contributed by atoms with van der Waals surface area (Å²) in [4.78, 5) is 0. The van der Waals surface area contributed by atoms with Crippen LogP contribution in [0.2, 0.25) is 0 Å². The van der Waals surface area contributed by atoms with E-state index in [1.165, 1.54) is 25.7 Å². The number of unbranched alkanes of at least 4 members (excludes halogenated alkanes) is 3. The fourth-order valence-corrected chi connectivity index (χ4v) is 5.52. The highest BCUT2D eigenvalue weighted by atomic mass is 14.5. The maximum atomic E-state index is 2.32. The summed E-state index contributed by atoms with van der Waals surface area (Å²) in [6.45, 7) is 2.32. The second-order valence-corrected chi connectivity index (χ2v) is 7.23. The van der Waals surface area contributed by atoms with E-state index >= 15 is 0 Å². The largest absolute Gasteiger partial charge is 0.0654 e. The molecule has 0 heterocycles. The number of rotatable bonds is 5. The Hall–Kier alpha value is 0. The molecule has 0 aromatic heterocycles. The first kappa shape index (κ1) is 11.1. The minimum atomic E-state index is 0.850. The Kier molecular flexibility index (Phi) is 3.02. The Labute approximate surface area is 101 Å². The van der Waals surface area contributed by atoms with Gasteiger partial charge in [0.05, 0.1) is 0 Å². The second-order valence-electron chi connectivity index (χ2n) is 7.23. The average Bonchev–Trinajstić information content (AvgIpc) is 2.22. The van der Waals surface area contributed by atoms with Gasteiger partial charge in [-0.25, -0.2) is 0 Å². The summed E-state index contributed by atoms with van der Waals surface area (Å²) in [5.41, 5.74) is 0.850. The molecule has 0 amide bonds. The molecular weight excluding hydrogens is 192 g/mol. The molecule has 4 saturated carbocycles. The van der Waals surface area contributed by atoms with Crippen molar-refractivity contribution in [1.82, 2.24) is 0 Å². The Balaban J connectivity index is 1.56. The van der Waals surface area contributed by atoms with Crippen molar-refractivity contribution >= 4 is 0 Å². The zero-order valence-corrected chi connectivity index (χ0v) is 11.0. The monoisotopic (exact) mass is 220 g/mol. The van der Waals surface area contributed by atoms with Crippen molar-refractivity contribution in [2.75, 3.05) is 0 Å². The lowest BCUT2D eigenvalue weighted by Gasteiger charge is -2.57. The molecule has 0 heteroatoms. The third-order valence-corrected chi connectivity index (χ3v) is 5.73. The topological polar surface area (TPSA) is 0 Å². The summed E-state index contributed by atoms with van der Waals surface area (Å²) in [6.07, 6.45) is 17.1. The van der Waals surface area contributed by atoms with Gasteiger partial charge < -0.3 is 0 Å². The SMILES string of the molecule is CCCCCCC12CC3CC(CC(C3)C1)C2. The average molecular weight is 220 g/mol. The molecule has 4 fully saturated rings. The van der Waals surface area contributed by atoms with Crippen molar-refractivity contribution in [2.24, 2.45) is 23.2 Å². The van der Waals surface area contributed by atoms with Gasteiger partial charge in [-0.2, -0.15) is 0 Å². The minimum Gasteiger partial charge on any atom is -0.0654 e. The summed E-state index contributed by atoms with van der Waals surface area (Å²) in [7, 11) is 0. The third-order valence-electron chi connectivity index (χ3n) is 5.73. The molecule has 4 aliphatic carbocycles. The lowest BCUT2D eigenvalue weighted by molar-refractivity contribution is -0.0583. The molecule has 0 saturated heterocycles. The Bertz CT molecular complexity index is 205. The van der Waals surface area contributed by atoms with Crippen LogP contribution in [0.5, 0.6) is 0 Å². The lowest BCUT2D eigenvalue weighted by Crippen LogP contribution is -2.45. The van der Waals surface area contributed by atoms with Crippen molar-refractivity contribution in [3.8, 4) is 0 Å². The summed E-state index contributed by atoms with van der Waals surface area (Å²) >= 11 is 0. The normalized spacial score (nSPS) is 45.2. The van der Waals surface area contributed by atoms with Crippen LogP contribution in [0.15, 0.2) is 0 Å². The predicted molar refractivity (Wildman–Crippen MR) is 69.4 cm³/mol. The molecule has 0 spiro atoms. The van der Waals surface area contributed by atoms with Gasteiger partial charge in [0.25, 0.3) is 0 Å². The van der Waals surface area contributed by atoms with E-state index in [4.69, 9.17) is 0 Å². The highest BCUT2D eigenvalue weighted by molar-refractivity contribution is 5.01. The Morgan fingerprint density at radius 2 is 1.38 bits per heavy atom. The standard InChI is InChI=1S/C16H28/c1-2-3-4-5-6-16-10-13-7-14(11-16)9-15(8-13)12-16/h13-15H,2-12H2,1H3. The van der Waals surface area contributed by atoms with Crippen molar-refractivity contribution in [3.05, 3.63) is 0 Å². The molecule has 4 aliphatic rings. The molecule has 0 unspecified atom stereocenters. The predicted octanol–water partition coefficient (Wildman–Crippen LogP) is 5.17. The first-order chi connectivity index (χ1) is 7.80. The van der Waals surface area contributed by atoms with Crippen molar-refractivity contribution in [3.63, 3.8) is 0 Å².